The highest BCUT2D eigenvalue weighted by atomic mass is 17.3. The Bertz CT molecular complexity index is 614. The average molecular weight is 330 g/mol. The molecule has 1 aromatic rings. The number of aromatic hydroxyl groups is 1. The van der Waals surface area contributed by atoms with E-state index >= 15 is 0 Å². The highest BCUT2D eigenvalue weighted by molar-refractivity contribution is 5.35. The second-order valence-electron chi connectivity index (χ2n) is 8.28. The number of rotatable bonds is 4. The summed E-state index contributed by atoms with van der Waals surface area (Å²) in [6.45, 7) is 2.74. The number of benzene rings is 1. The summed E-state index contributed by atoms with van der Waals surface area (Å²) >= 11 is 0. The van der Waals surface area contributed by atoms with E-state index in [2.05, 4.69) is 6.92 Å². The molecule has 0 amide bonds. The Hall–Kier alpha value is -1.10. The maximum Gasteiger partial charge on any atom is 0.261 e. The lowest BCUT2D eigenvalue weighted by atomic mass is 9.47. The zero-order valence-electron chi connectivity index (χ0n) is 14.2. The van der Waals surface area contributed by atoms with Crippen molar-refractivity contribution in [3.8, 4) is 5.75 Å². The second kappa shape index (κ2) is 5.20. The van der Waals surface area contributed by atoms with Crippen molar-refractivity contribution in [2.45, 2.75) is 56.8 Å². The van der Waals surface area contributed by atoms with Crippen LogP contribution in [0, 0.1) is 23.7 Å². The van der Waals surface area contributed by atoms with Crippen LogP contribution >= 0.6 is 0 Å². The molecule has 1 aromatic carbocycles. The number of hydrogen-bond acceptors (Lipinski definition) is 4. The normalized spacial score (nSPS) is 45.5. The lowest BCUT2D eigenvalue weighted by Crippen LogP contribution is -2.76. The lowest BCUT2D eigenvalue weighted by Gasteiger charge is -2.69. The molecular formula is C20H26O4. The van der Waals surface area contributed by atoms with Crippen LogP contribution in [-0.4, -0.2) is 17.3 Å². The van der Waals surface area contributed by atoms with Crippen LogP contribution < -0.4 is 0 Å². The average Bonchev–Trinajstić information content (AvgIpc) is 2.54. The number of ether oxygens (including phenoxy) is 1. The van der Waals surface area contributed by atoms with Crippen LogP contribution in [0.4, 0.5) is 0 Å². The van der Waals surface area contributed by atoms with Crippen molar-refractivity contribution in [1.82, 2.24) is 0 Å². The monoisotopic (exact) mass is 330 g/mol. The molecule has 130 valence electrons. The van der Waals surface area contributed by atoms with Gasteiger partial charge in [-0.05, 0) is 74.3 Å². The molecule has 0 aromatic heterocycles. The number of phenolic OH excluding ortho intramolecular Hbond substituents is 1. The standard InChI is InChI=1S/C20H26O4/c1-2-6-22-20(15-4-3-5-18(21)12-15)19(23-24-20)16-8-13-7-14(10-16)11-17(19)9-13/h3-5,12-14,16-17,21H,2,6-11H2,1H3. The summed E-state index contributed by atoms with van der Waals surface area (Å²) in [5.41, 5.74) is 0.526. The summed E-state index contributed by atoms with van der Waals surface area (Å²) in [6, 6.07) is 7.35. The molecule has 4 aliphatic carbocycles. The lowest BCUT2D eigenvalue weighted by molar-refractivity contribution is -0.648. The molecule has 1 heterocycles. The molecule has 4 heteroatoms. The van der Waals surface area contributed by atoms with E-state index in [-0.39, 0.29) is 11.4 Å². The first-order valence-corrected chi connectivity index (χ1v) is 9.48. The Morgan fingerprint density at radius 3 is 2.33 bits per heavy atom. The molecular weight excluding hydrogens is 304 g/mol. The number of hydrogen-bond donors (Lipinski definition) is 1. The minimum atomic E-state index is -0.857. The van der Waals surface area contributed by atoms with Crippen LogP contribution in [0.15, 0.2) is 24.3 Å². The van der Waals surface area contributed by atoms with Crippen LogP contribution in [0.3, 0.4) is 0 Å². The largest absolute Gasteiger partial charge is 0.508 e. The van der Waals surface area contributed by atoms with Gasteiger partial charge in [0, 0.05) is 5.56 Å². The summed E-state index contributed by atoms with van der Waals surface area (Å²) in [6.07, 6.45) is 7.25. The van der Waals surface area contributed by atoms with E-state index in [0.29, 0.717) is 18.4 Å². The Kier molecular flexibility index (Phi) is 3.29. The molecule has 1 spiro atoms. The van der Waals surface area contributed by atoms with Gasteiger partial charge in [0.15, 0.2) is 5.60 Å². The molecule has 24 heavy (non-hydrogen) atoms. The fraction of sp³-hybridized carbons (Fsp3) is 0.700. The maximum absolute atomic E-state index is 10.0. The molecule has 5 aliphatic rings. The first-order valence-electron chi connectivity index (χ1n) is 9.48. The molecule has 1 saturated heterocycles. The molecule has 4 bridgehead atoms. The van der Waals surface area contributed by atoms with E-state index in [1.165, 1.54) is 32.1 Å². The van der Waals surface area contributed by atoms with Gasteiger partial charge in [0.05, 0.1) is 6.61 Å². The van der Waals surface area contributed by atoms with Gasteiger partial charge in [-0.3, -0.25) is 0 Å². The van der Waals surface area contributed by atoms with Crippen LogP contribution in [-0.2, 0) is 20.3 Å². The van der Waals surface area contributed by atoms with Gasteiger partial charge in [-0.2, -0.15) is 4.89 Å². The third-order valence-electron chi connectivity index (χ3n) is 6.90. The van der Waals surface area contributed by atoms with Gasteiger partial charge in [0.1, 0.15) is 5.75 Å². The van der Waals surface area contributed by atoms with Crippen molar-refractivity contribution < 1.29 is 19.6 Å². The second-order valence-corrected chi connectivity index (χ2v) is 8.28. The van der Waals surface area contributed by atoms with Gasteiger partial charge in [0.2, 0.25) is 0 Å². The summed E-state index contributed by atoms with van der Waals surface area (Å²) in [7, 11) is 0. The van der Waals surface area contributed by atoms with Gasteiger partial charge in [-0.1, -0.05) is 19.1 Å². The van der Waals surface area contributed by atoms with E-state index in [4.69, 9.17) is 14.5 Å². The van der Waals surface area contributed by atoms with Gasteiger partial charge >= 0.3 is 0 Å². The first kappa shape index (κ1) is 15.2. The third kappa shape index (κ3) is 1.80. The van der Waals surface area contributed by atoms with Crippen LogP contribution in [0.25, 0.3) is 0 Å². The summed E-state index contributed by atoms with van der Waals surface area (Å²) < 4.78 is 6.38. The van der Waals surface area contributed by atoms with Crippen molar-refractivity contribution in [2.24, 2.45) is 23.7 Å². The Labute approximate surface area is 143 Å². The molecule has 1 unspecified atom stereocenters. The van der Waals surface area contributed by atoms with Gasteiger partial charge < -0.3 is 9.84 Å². The quantitative estimate of drug-likeness (QED) is 0.843. The fourth-order valence-corrected chi connectivity index (χ4v) is 6.22. The zero-order valence-corrected chi connectivity index (χ0v) is 14.2. The van der Waals surface area contributed by atoms with Crippen molar-refractivity contribution in [2.75, 3.05) is 6.61 Å². The maximum atomic E-state index is 10.0. The third-order valence-corrected chi connectivity index (χ3v) is 6.90. The summed E-state index contributed by atoms with van der Waals surface area (Å²) in [5.74, 6) is 2.11. The minimum absolute atomic E-state index is 0.251. The number of phenols is 1. The highest BCUT2D eigenvalue weighted by Gasteiger charge is 2.76. The predicted molar refractivity (Wildman–Crippen MR) is 88.0 cm³/mol. The molecule has 0 radical (unpaired) electrons. The molecule has 4 saturated carbocycles. The zero-order chi connectivity index (χ0) is 16.4. The van der Waals surface area contributed by atoms with Crippen molar-refractivity contribution in [1.29, 1.82) is 0 Å². The van der Waals surface area contributed by atoms with Crippen molar-refractivity contribution in [3.63, 3.8) is 0 Å². The molecule has 1 aliphatic heterocycles. The molecule has 5 fully saturated rings. The van der Waals surface area contributed by atoms with E-state index in [1.54, 1.807) is 12.1 Å². The smallest absolute Gasteiger partial charge is 0.261 e. The fourth-order valence-electron chi connectivity index (χ4n) is 6.22. The van der Waals surface area contributed by atoms with Crippen LogP contribution in [0.2, 0.25) is 0 Å². The van der Waals surface area contributed by atoms with Gasteiger partial charge in [-0.15, -0.1) is 0 Å². The highest BCUT2D eigenvalue weighted by Crippen LogP contribution is 2.69. The molecule has 1 N–H and O–H groups in total. The Balaban J connectivity index is 1.60. The van der Waals surface area contributed by atoms with E-state index < -0.39 is 5.79 Å². The predicted octanol–water partition coefficient (Wildman–Crippen LogP) is 4.13. The van der Waals surface area contributed by atoms with Crippen LogP contribution in [0.5, 0.6) is 5.75 Å². The first-order chi connectivity index (χ1) is 11.7. The minimum Gasteiger partial charge on any atom is -0.508 e. The van der Waals surface area contributed by atoms with Crippen LogP contribution in [0.1, 0.15) is 51.0 Å². The van der Waals surface area contributed by atoms with E-state index in [1.807, 2.05) is 12.1 Å². The molecule has 1 atom stereocenters. The van der Waals surface area contributed by atoms with Crippen molar-refractivity contribution in [3.05, 3.63) is 29.8 Å². The van der Waals surface area contributed by atoms with Crippen molar-refractivity contribution >= 4 is 0 Å². The Morgan fingerprint density at radius 2 is 1.79 bits per heavy atom. The Morgan fingerprint density at radius 1 is 1.08 bits per heavy atom. The SMILES string of the molecule is CCCOC1(c2cccc(O)c2)OOC12C1CC3CC(C1)CC2C3. The summed E-state index contributed by atoms with van der Waals surface area (Å²) in [4.78, 5) is 11.8. The van der Waals surface area contributed by atoms with E-state index in [0.717, 1.165) is 23.8 Å². The van der Waals surface area contributed by atoms with Gasteiger partial charge in [0.25, 0.3) is 5.79 Å². The molecule has 4 nitrogen and oxygen atoms in total. The van der Waals surface area contributed by atoms with Gasteiger partial charge in [-0.25, -0.2) is 4.89 Å². The molecule has 6 rings (SSSR count). The summed E-state index contributed by atoms with van der Waals surface area (Å²) in [5, 5.41) is 10.0. The topological polar surface area (TPSA) is 47.9 Å². The van der Waals surface area contributed by atoms with E-state index in [9.17, 15) is 5.11 Å².